The number of benzene rings is 2. The lowest BCUT2D eigenvalue weighted by Crippen LogP contribution is -2.17. The number of carbonyl (C=O) groups excluding carboxylic acids is 2. The van der Waals surface area contributed by atoms with Crippen LogP contribution in [0.15, 0.2) is 48.7 Å². The minimum absolute atomic E-state index is 0.00995. The zero-order chi connectivity index (χ0) is 25.9. The van der Waals surface area contributed by atoms with Crippen LogP contribution >= 0.6 is 0 Å². The summed E-state index contributed by atoms with van der Waals surface area (Å²) in [6.07, 6.45) is 5.82. The standard InChI is InChI=1S/C29H27N5O3/c1-18-14-26(32-28-23(18)8-5-9-25(28)37-2)34-29(22(16-30)17-31-34)33-27(36)13-12-24(35)21-11-10-19-6-3-4-7-20(19)15-21/h5,8-11,14-15,17H,3-4,6-7,12-13H2,1-2H3,(H,33,36). The number of nitrogens with zero attached hydrogens (tertiary/aromatic N) is 4. The Kier molecular flexibility index (Phi) is 6.69. The largest absolute Gasteiger partial charge is 0.494 e. The van der Waals surface area contributed by atoms with E-state index >= 15 is 0 Å². The molecule has 4 aromatic rings. The van der Waals surface area contributed by atoms with Gasteiger partial charge in [0.15, 0.2) is 17.4 Å². The number of hydrogen-bond acceptors (Lipinski definition) is 6. The quantitative estimate of drug-likeness (QED) is 0.359. The number of anilines is 1. The number of Topliss-reactive ketones (excluding diaryl/α,β-unsaturated/α-hetero) is 1. The first-order valence-corrected chi connectivity index (χ1v) is 12.4. The lowest BCUT2D eigenvalue weighted by atomic mass is 9.89. The van der Waals surface area contributed by atoms with E-state index in [-0.39, 0.29) is 35.9 Å². The van der Waals surface area contributed by atoms with E-state index in [0.29, 0.717) is 22.6 Å². The van der Waals surface area contributed by atoms with Gasteiger partial charge in [-0.2, -0.15) is 15.0 Å². The molecule has 0 radical (unpaired) electrons. The summed E-state index contributed by atoms with van der Waals surface area (Å²) in [7, 11) is 1.58. The van der Waals surface area contributed by atoms with Gasteiger partial charge in [-0.25, -0.2) is 4.98 Å². The second-order valence-corrected chi connectivity index (χ2v) is 9.25. The molecule has 1 amide bonds. The van der Waals surface area contributed by atoms with Crippen molar-refractivity contribution in [1.29, 1.82) is 5.26 Å². The number of pyridine rings is 1. The average molecular weight is 494 g/mol. The van der Waals surface area contributed by atoms with Gasteiger partial charge in [-0.15, -0.1) is 0 Å². The number of ether oxygens (including phenoxy) is 1. The van der Waals surface area contributed by atoms with Gasteiger partial charge in [0.25, 0.3) is 0 Å². The summed E-state index contributed by atoms with van der Waals surface area (Å²) in [5.74, 6) is 0.823. The number of ketones is 1. The molecule has 0 saturated carbocycles. The zero-order valence-electron chi connectivity index (χ0n) is 20.9. The molecule has 2 heterocycles. The Balaban J connectivity index is 1.35. The number of aryl methyl sites for hydroxylation is 3. The van der Waals surface area contributed by atoms with E-state index < -0.39 is 0 Å². The van der Waals surface area contributed by atoms with Gasteiger partial charge in [-0.1, -0.05) is 24.3 Å². The molecular formula is C29H27N5O3. The molecule has 0 atom stereocenters. The highest BCUT2D eigenvalue weighted by Crippen LogP contribution is 2.29. The summed E-state index contributed by atoms with van der Waals surface area (Å²) in [5.41, 5.74) is 4.99. The monoisotopic (exact) mass is 493 g/mol. The van der Waals surface area contributed by atoms with Crippen molar-refractivity contribution >= 4 is 28.4 Å². The molecule has 5 rings (SSSR count). The molecule has 0 saturated heterocycles. The zero-order valence-corrected chi connectivity index (χ0v) is 20.9. The van der Waals surface area contributed by atoms with E-state index in [0.717, 1.165) is 30.2 Å². The number of nitriles is 1. The first-order valence-electron chi connectivity index (χ1n) is 12.4. The van der Waals surface area contributed by atoms with E-state index in [1.54, 1.807) is 7.11 Å². The number of nitrogens with one attached hydrogen (secondary N) is 1. The third kappa shape index (κ3) is 4.81. The van der Waals surface area contributed by atoms with E-state index in [4.69, 9.17) is 9.72 Å². The maximum Gasteiger partial charge on any atom is 0.226 e. The summed E-state index contributed by atoms with van der Waals surface area (Å²) >= 11 is 0. The molecule has 2 aromatic heterocycles. The number of carbonyl (C=O) groups is 2. The lowest BCUT2D eigenvalue weighted by molar-refractivity contribution is -0.116. The van der Waals surface area contributed by atoms with Gasteiger partial charge in [0.1, 0.15) is 22.9 Å². The average Bonchev–Trinajstić information content (AvgIpc) is 3.33. The summed E-state index contributed by atoms with van der Waals surface area (Å²) in [6.45, 7) is 1.95. The topological polar surface area (TPSA) is 110 Å². The maximum absolute atomic E-state index is 12.9. The molecule has 0 unspecified atom stereocenters. The van der Waals surface area contributed by atoms with Crippen LogP contribution in [0.25, 0.3) is 16.7 Å². The highest BCUT2D eigenvalue weighted by Gasteiger charge is 2.19. The Morgan fingerprint density at radius 2 is 1.92 bits per heavy atom. The van der Waals surface area contributed by atoms with Gasteiger partial charge < -0.3 is 10.1 Å². The van der Waals surface area contributed by atoms with Crippen LogP contribution in [0.5, 0.6) is 5.75 Å². The molecule has 186 valence electrons. The van der Waals surface area contributed by atoms with E-state index in [9.17, 15) is 14.9 Å². The fraction of sp³-hybridized carbons (Fsp3) is 0.276. The first kappa shape index (κ1) is 24.2. The summed E-state index contributed by atoms with van der Waals surface area (Å²) in [4.78, 5) is 30.4. The van der Waals surface area contributed by atoms with E-state index in [1.807, 2.05) is 49.4 Å². The Bertz CT molecular complexity index is 1560. The van der Waals surface area contributed by atoms with Crippen molar-refractivity contribution in [2.75, 3.05) is 12.4 Å². The van der Waals surface area contributed by atoms with Crippen LogP contribution in [-0.2, 0) is 17.6 Å². The van der Waals surface area contributed by atoms with Crippen LogP contribution in [0.2, 0.25) is 0 Å². The van der Waals surface area contributed by atoms with Gasteiger partial charge in [-0.3, -0.25) is 9.59 Å². The van der Waals surface area contributed by atoms with Gasteiger partial charge in [-0.05, 0) is 67.5 Å². The summed E-state index contributed by atoms with van der Waals surface area (Å²) in [5, 5.41) is 17.6. The minimum atomic E-state index is -0.375. The van der Waals surface area contributed by atoms with Crippen molar-refractivity contribution < 1.29 is 14.3 Å². The summed E-state index contributed by atoms with van der Waals surface area (Å²) < 4.78 is 6.90. The molecule has 1 aliphatic rings. The molecule has 37 heavy (non-hydrogen) atoms. The van der Waals surface area contributed by atoms with Crippen LogP contribution in [0.1, 0.15) is 58.3 Å². The van der Waals surface area contributed by atoms with Crippen molar-refractivity contribution in [3.05, 3.63) is 76.5 Å². The smallest absolute Gasteiger partial charge is 0.226 e. The van der Waals surface area contributed by atoms with Crippen molar-refractivity contribution in [2.45, 2.75) is 45.4 Å². The summed E-state index contributed by atoms with van der Waals surface area (Å²) in [6, 6.07) is 15.4. The van der Waals surface area contributed by atoms with Crippen molar-refractivity contribution in [3.8, 4) is 17.6 Å². The van der Waals surface area contributed by atoms with Crippen LogP contribution in [0, 0.1) is 18.3 Å². The third-order valence-corrected chi connectivity index (χ3v) is 6.83. The van der Waals surface area contributed by atoms with Crippen molar-refractivity contribution in [2.24, 2.45) is 0 Å². The molecular weight excluding hydrogens is 466 g/mol. The Labute approximate surface area is 214 Å². The van der Waals surface area contributed by atoms with Crippen molar-refractivity contribution in [3.63, 3.8) is 0 Å². The number of fused-ring (bicyclic) bond motifs is 2. The molecule has 8 heteroatoms. The highest BCUT2D eigenvalue weighted by atomic mass is 16.5. The number of amides is 1. The molecule has 0 spiro atoms. The van der Waals surface area contributed by atoms with Gasteiger partial charge in [0, 0.05) is 23.8 Å². The number of hydrogen-bond donors (Lipinski definition) is 1. The predicted molar refractivity (Wildman–Crippen MR) is 140 cm³/mol. The predicted octanol–water partition coefficient (Wildman–Crippen LogP) is 5.09. The van der Waals surface area contributed by atoms with Crippen LogP contribution in [-0.4, -0.2) is 33.6 Å². The second kappa shape index (κ2) is 10.2. The minimum Gasteiger partial charge on any atom is -0.494 e. The number of rotatable bonds is 7. The van der Waals surface area contributed by atoms with E-state index in [2.05, 4.69) is 16.5 Å². The van der Waals surface area contributed by atoms with Crippen LogP contribution in [0.4, 0.5) is 5.82 Å². The molecule has 1 aliphatic carbocycles. The molecule has 8 nitrogen and oxygen atoms in total. The van der Waals surface area contributed by atoms with Crippen molar-refractivity contribution in [1.82, 2.24) is 14.8 Å². The van der Waals surface area contributed by atoms with Gasteiger partial charge in [0.2, 0.25) is 5.91 Å². The number of methoxy groups -OCH3 is 1. The molecule has 0 fully saturated rings. The molecule has 1 N–H and O–H groups in total. The maximum atomic E-state index is 12.9. The third-order valence-electron chi connectivity index (χ3n) is 6.83. The number of aromatic nitrogens is 3. The molecule has 2 aromatic carbocycles. The highest BCUT2D eigenvalue weighted by molar-refractivity contribution is 6.00. The lowest BCUT2D eigenvalue weighted by Gasteiger charge is -2.16. The molecule has 0 aliphatic heterocycles. The molecule has 0 bridgehead atoms. The van der Waals surface area contributed by atoms with Gasteiger partial charge >= 0.3 is 0 Å². The Morgan fingerprint density at radius 3 is 2.70 bits per heavy atom. The number of para-hydroxylation sites is 1. The van der Waals surface area contributed by atoms with E-state index in [1.165, 1.54) is 28.4 Å². The first-order chi connectivity index (χ1) is 18.0. The fourth-order valence-electron chi connectivity index (χ4n) is 4.84. The fourth-order valence-corrected chi connectivity index (χ4v) is 4.84. The Hall–Kier alpha value is -4.51. The SMILES string of the molecule is COc1cccc2c(C)cc(-n3ncc(C#N)c3NC(=O)CCC(=O)c3ccc4c(c3)CCCC4)nc12. The normalized spacial score (nSPS) is 12.6. The Morgan fingerprint density at radius 1 is 1.11 bits per heavy atom. The van der Waals surface area contributed by atoms with Crippen LogP contribution in [0.3, 0.4) is 0 Å². The second-order valence-electron chi connectivity index (χ2n) is 9.25. The van der Waals surface area contributed by atoms with Gasteiger partial charge in [0.05, 0.1) is 13.3 Å². The van der Waals surface area contributed by atoms with Crippen LogP contribution < -0.4 is 10.1 Å².